The van der Waals surface area contributed by atoms with Crippen LogP contribution >= 0.6 is 15.9 Å². The minimum absolute atomic E-state index is 0.0165. The summed E-state index contributed by atoms with van der Waals surface area (Å²) in [5, 5.41) is 18.4. The molecule has 0 atom stereocenters. The first-order chi connectivity index (χ1) is 10.7. The highest BCUT2D eigenvalue weighted by Gasteiger charge is 2.24. The van der Waals surface area contributed by atoms with E-state index in [2.05, 4.69) is 15.9 Å². The molecule has 0 unspecified atom stereocenters. The van der Waals surface area contributed by atoms with E-state index >= 15 is 0 Å². The smallest absolute Gasteiger partial charge is 0.336 e. The molecule has 0 aliphatic rings. The van der Waals surface area contributed by atoms with Gasteiger partial charge in [0.1, 0.15) is 0 Å². The normalized spacial score (nSPS) is 11.2. The third-order valence-corrected chi connectivity index (χ3v) is 5.33. The number of hydrogen-bond donors (Lipinski definition) is 2. The van der Waals surface area contributed by atoms with Crippen molar-refractivity contribution in [3.63, 3.8) is 0 Å². The summed E-state index contributed by atoms with van der Waals surface area (Å²) < 4.78 is 25.6. The van der Waals surface area contributed by atoms with Gasteiger partial charge >= 0.3 is 11.9 Å². The molecule has 2 aromatic carbocycles. The van der Waals surface area contributed by atoms with Crippen molar-refractivity contribution < 1.29 is 28.2 Å². The Hall–Kier alpha value is -2.19. The van der Waals surface area contributed by atoms with Crippen LogP contribution in [-0.2, 0) is 15.6 Å². The van der Waals surface area contributed by atoms with Crippen molar-refractivity contribution in [1.82, 2.24) is 0 Å². The van der Waals surface area contributed by atoms with Crippen LogP contribution < -0.4 is 0 Å². The van der Waals surface area contributed by atoms with E-state index in [9.17, 15) is 28.2 Å². The van der Waals surface area contributed by atoms with Gasteiger partial charge in [-0.05, 0) is 42.0 Å². The number of sulfone groups is 1. The highest BCUT2D eigenvalue weighted by atomic mass is 79.9. The lowest BCUT2D eigenvalue weighted by molar-refractivity contribution is 0.0696. The summed E-state index contributed by atoms with van der Waals surface area (Å²) in [5.41, 5.74) is -0.924. The molecule has 0 aliphatic heterocycles. The van der Waals surface area contributed by atoms with Crippen molar-refractivity contribution in [3.05, 3.63) is 63.6 Å². The Balaban J connectivity index is 2.56. The maximum Gasteiger partial charge on any atom is 0.336 e. The van der Waals surface area contributed by atoms with Gasteiger partial charge in [-0.15, -0.1) is 0 Å². The third-order valence-electron chi connectivity index (χ3n) is 3.14. The lowest BCUT2D eigenvalue weighted by atomic mass is 10.0. The van der Waals surface area contributed by atoms with Crippen molar-refractivity contribution in [2.24, 2.45) is 0 Å². The SMILES string of the molecule is O=C(O)c1cccc(C(=O)O)c1CS(=O)(=O)c1ccc(Br)cc1. The van der Waals surface area contributed by atoms with Gasteiger partial charge in [0, 0.05) is 4.47 Å². The van der Waals surface area contributed by atoms with Crippen molar-refractivity contribution in [2.45, 2.75) is 10.6 Å². The number of benzene rings is 2. The van der Waals surface area contributed by atoms with Gasteiger partial charge in [-0.1, -0.05) is 22.0 Å². The van der Waals surface area contributed by atoms with Gasteiger partial charge in [-0.3, -0.25) is 0 Å². The van der Waals surface area contributed by atoms with Gasteiger partial charge in [-0.25, -0.2) is 18.0 Å². The first-order valence-electron chi connectivity index (χ1n) is 6.29. The largest absolute Gasteiger partial charge is 0.478 e. The molecule has 8 heteroatoms. The average molecular weight is 399 g/mol. The number of aromatic carboxylic acids is 2. The second-order valence-corrected chi connectivity index (χ2v) is 7.56. The van der Waals surface area contributed by atoms with E-state index in [-0.39, 0.29) is 21.6 Å². The second kappa shape index (κ2) is 6.51. The van der Waals surface area contributed by atoms with Crippen LogP contribution in [0.4, 0.5) is 0 Å². The Morgan fingerprint density at radius 3 is 1.83 bits per heavy atom. The Bertz CT molecular complexity index is 839. The molecule has 0 saturated heterocycles. The lowest BCUT2D eigenvalue weighted by Crippen LogP contribution is -2.14. The molecule has 0 spiro atoms. The van der Waals surface area contributed by atoms with Gasteiger partial charge in [0.15, 0.2) is 9.84 Å². The molecule has 120 valence electrons. The van der Waals surface area contributed by atoms with Crippen LogP contribution in [0.5, 0.6) is 0 Å². The Labute approximate surface area is 140 Å². The van der Waals surface area contributed by atoms with E-state index in [0.29, 0.717) is 4.47 Å². The molecule has 6 nitrogen and oxygen atoms in total. The zero-order chi connectivity index (χ0) is 17.2. The summed E-state index contributed by atoms with van der Waals surface area (Å²) in [6.45, 7) is 0. The van der Waals surface area contributed by atoms with Crippen LogP contribution in [0.2, 0.25) is 0 Å². The fraction of sp³-hybridized carbons (Fsp3) is 0.0667. The molecule has 0 saturated carbocycles. The summed E-state index contributed by atoms with van der Waals surface area (Å²) in [4.78, 5) is 22.5. The zero-order valence-electron chi connectivity index (χ0n) is 11.6. The number of hydrogen-bond acceptors (Lipinski definition) is 4. The van der Waals surface area contributed by atoms with Crippen LogP contribution in [0, 0.1) is 0 Å². The minimum Gasteiger partial charge on any atom is -0.478 e. The highest BCUT2D eigenvalue weighted by Crippen LogP contribution is 2.24. The number of carbonyl (C=O) groups is 2. The molecule has 0 amide bonds. The van der Waals surface area contributed by atoms with Crippen LogP contribution in [0.15, 0.2) is 51.8 Å². The van der Waals surface area contributed by atoms with Crippen molar-refractivity contribution >= 4 is 37.7 Å². The minimum atomic E-state index is -3.89. The molecule has 0 fully saturated rings. The second-order valence-electron chi connectivity index (χ2n) is 4.65. The van der Waals surface area contributed by atoms with E-state index in [1.807, 2.05) is 0 Å². The average Bonchev–Trinajstić information content (AvgIpc) is 2.47. The summed E-state index contributed by atoms with van der Waals surface area (Å²) >= 11 is 3.19. The van der Waals surface area contributed by atoms with Gasteiger partial charge in [-0.2, -0.15) is 0 Å². The molecule has 23 heavy (non-hydrogen) atoms. The van der Waals surface area contributed by atoms with Crippen LogP contribution in [0.1, 0.15) is 26.3 Å². The summed E-state index contributed by atoms with van der Waals surface area (Å²) in [5.74, 6) is -3.47. The van der Waals surface area contributed by atoms with E-state index in [4.69, 9.17) is 0 Å². The van der Waals surface area contributed by atoms with Crippen LogP contribution in [0.3, 0.4) is 0 Å². The number of carboxylic acid groups (broad SMARTS) is 2. The summed E-state index contributed by atoms with van der Waals surface area (Å²) in [6.07, 6.45) is 0. The van der Waals surface area contributed by atoms with Gasteiger partial charge in [0.25, 0.3) is 0 Å². The Morgan fingerprint density at radius 1 is 0.913 bits per heavy atom. The van der Waals surface area contributed by atoms with E-state index < -0.39 is 27.5 Å². The first kappa shape index (κ1) is 17.2. The monoisotopic (exact) mass is 398 g/mol. The van der Waals surface area contributed by atoms with E-state index in [1.165, 1.54) is 42.5 Å². The molecule has 2 aromatic rings. The lowest BCUT2D eigenvalue weighted by Gasteiger charge is -2.11. The van der Waals surface area contributed by atoms with Crippen LogP contribution in [0.25, 0.3) is 0 Å². The third kappa shape index (κ3) is 3.77. The van der Waals surface area contributed by atoms with E-state index in [0.717, 1.165) is 0 Å². The van der Waals surface area contributed by atoms with Crippen LogP contribution in [-0.4, -0.2) is 30.6 Å². The number of halogens is 1. The zero-order valence-corrected chi connectivity index (χ0v) is 14.0. The fourth-order valence-corrected chi connectivity index (χ4v) is 3.73. The van der Waals surface area contributed by atoms with Crippen molar-refractivity contribution in [1.29, 1.82) is 0 Å². The molecule has 0 aromatic heterocycles. The Kier molecular flexibility index (Phi) is 4.86. The predicted octanol–water partition coefficient (Wildman–Crippen LogP) is 2.82. The molecular weight excluding hydrogens is 388 g/mol. The molecule has 0 radical (unpaired) electrons. The highest BCUT2D eigenvalue weighted by molar-refractivity contribution is 9.10. The maximum absolute atomic E-state index is 12.5. The van der Waals surface area contributed by atoms with Gasteiger partial charge in [0.2, 0.25) is 0 Å². The molecule has 0 aliphatic carbocycles. The van der Waals surface area contributed by atoms with E-state index in [1.54, 1.807) is 0 Å². The topological polar surface area (TPSA) is 109 Å². The summed E-state index contributed by atoms with van der Waals surface area (Å²) in [7, 11) is -3.89. The van der Waals surface area contributed by atoms with Gasteiger partial charge in [0.05, 0.1) is 21.8 Å². The van der Waals surface area contributed by atoms with Crippen molar-refractivity contribution in [2.75, 3.05) is 0 Å². The molecule has 2 N–H and O–H groups in total. The first-order valence-corrected chi connectivity index (χ1v) is 8.73. The molecule has 0 bridgehead atoms. The standard InChI is InChI=1S/C15H11BrO6S/c16-9-4-6-10(7-5-9)23(21,22)8-13-11(14(17)18)2-1-3-12(13)15(19)20/h1-7H,8H2,(H,17,18)(H,19,20). The number of carboxylic acids is 2. The fourth-order valence-electron chi connectivity index (χ4n) is 2.06. The van der Waals surface area contributed by atoms with Gasteiger partial charge < -0.3 is 10.2 Å². The number of rotatable bonds is 5. The maximum atomic E-state index is 12.5. The summed E-state index contributed by atoms with van der Waals surface area (Å²) in [6, 6.07) is 9.43. The Morgan fingerprint density at radius 2 is 1.39 bits per heavy atom. The molecular formula is C15H11BrO6S. The quantitative estimate of drug-likeness (QED) is 0.801. The molecule has 0 heterocycles. The van der Waals surface area contributed by atoms with Crippen molar-refractivity contribution in [3.8, 4) is 0 Å². The molecule has 2 rings (SSSR count). The predicted molar refractivity (Wildman–Crippen MR) is 85.4 cm³/mol.